The summed E-state index contributed by atoms with van der Waals surface area (Å²) < 4.78 is 45.6. The first-order valence-electron chi connectivity index (χ1n) is 11.4. The molecule has 2 amide bonds. The standard InChI is InChI=1S/C24H26FN3O9S2/c1-24(2)12-38-20(26-24)21(31)28(39(35,36)15-8-5-13(25)6-9-15)18(22(32)33)19(30)16-10-7-14(11-17(16)29)37-23(34)27(3)4/h5-10,18,20,26H,11-12H2,1-4H3,(H,32,33)/t18-,20-/m0/s1. The van der Waals surface area contributed by atoms with Gasteiger partial charge in [-0.3, -0.25) is 19.7 Å². The van der Waals surface area contributed by atoms with Crippen molar-refractivity contribution in [2.45, 2.75) is 42.1 Å². The van der Waals surface area contributed by atoms with Gasteiger partial charge in [0, 0.05) is 25.4 Å². The topological polar surface area (TPSA) is 167 Å². The summed E-state index contributed by atoms with van der Waals surface area (Å²) in [5, 5.41) is 11.7. The Morgan fingerprint density at radius 3 is 2.26 bits per heavy atom. The highest BCUT2D eigenvalue weighted by Crippen LogP contribution is 2.31. The van der Waals surface area contributed by atoms with Crippen LogP contribution in [0.3, 0.4) is 0 Å². The van der Waals surface area contributed by atoms with Crippen molar-refractivity contribution in [2.24, 2.45) is 0 Å². The Morgan fingerprint density at radius 2 is 1.77 bits per heavy atom. The number of rotatable bonds is 8. The molecule has 1 heterocycles. The minimum absolute atomic E-state index is 0.0730. The van der Waals surface area contributed by atoms with Crippen molar-refractivity contribution in [1.29, 1.82) is 0 Å². The number of nitrogens with one attached hydrogen (secondary N) is 1. The number of amides is 2. The molecule has 1 fully saturated rings. The molecule has 2 aliphatic rings. The van der Waals surface area contributed by atoms with Crippen molar-refractivity contribution in [1.82, 2.24) is 14.5 Å². The number of sulfonamides is 1. The van der Waals surface area contributed by atoms with E-state index in [-0.39, 0.29) is 10.1 Å². The zero-order valence-electron chi connectivity index (χ0n) is 21.3. The van der Waals surface area contributed by atoms with Gasteiger partial charge in [0.2, 0.25) is 11.8 Å². The zero-order chi connectivity index (χ0) is 29.3. The van der Waals surface area contributed by atoms with Crippen molar-refractivity contribution < 1.29 is 46.6 Å². The van der Waals surface area contributed by atoms with Crippen LogP contribution in [-0.2, 0) is 33.9 Å². The number of carbonyl (C=O) groups excluding carboxylic acids is 4. The number of carbonyl (C=O) groups is 5. The van der Waals surface area contributed by atoms with Gasteiger partial charge in [-0.1, -0.05) is 0 Å². The summed E-state index contributed by atoms with van der Waals surface area (Å²) >= 11 is 1.01. The van der Waals surface area contributed by atoms with E-state index in [1.165, 1.54) is 14.1 Å². The SMILES string of the molecule is CN(C)C(=O)OC1=CC=C(C(=O)[C@@H](C(=O)O)N(C(=O)[C@H]2NC(C)(C)CS2)S(=O)(=O)c2ccc(F)cc2)C(=O)C1. The molecule has 0 spiro atoms. The van der Waals surface area contributed by atoms with Crippen molar-refractivity contribution in [3.8, 4) is 0 Å². The first-order chi connectivity index (χ1) is 18.0. The van der Waals surface area contributed by atoms with E-state index in [0.717, 1.165) is 53.1 Å². The third-order valence-electron chi connectivity index (χ3n) is 5.58. The molecule has 1 saturated heterocycles. The van der Waals surface area contributed by atoms with Crippen LogP contribution in [0.25, 0.3) is 0 Å². The fourth-order valence-corrected chi connectivity index (χ4v) is 6.53. The van der Waals surface area contributed by atoms with Gasteiger partial charge in [0.05, 0.1) is 16.9 Å². The molecule has 1 aromatic rings. The van der Waals surface area contributed by atoms with Gasteiger partial charge in [0.1, 0.15) is 17.0 Å². The number of carboxylic acid groups (broad SMARTS) is 1. The lowest BCUT2D eigenvalue weighted by Gasteiger charge is -2.30. The number of ether oxygens (including phenoxy) is 1. The summed E-state index contributed by atoms with van der Waals surface area (Å²) in [5.74, 6) is -6.23. The summed E-state index contributed by atoms with van der Waals surface area (Å²) in [7, 11) is -2.23. The van der Waals surface area contributed by atoms with Crippen LogP contribution in [-0.4, -0.2) is 89.1 Å². The van der Waals surface area contributed by atoms with Crippen LogP contribution in [0.5, 0.6) is 0 Å². The second kappa shape index (κ2) is 11.3. The lowest BCUT2D eigenvalue weighted by molar-refractivity contribution is -0.149. The minimum atomic E-state index is -5.04. The summed E-state index contributed by atoms with van der Waals surface area (Å²) in [6.45, 7) is 3.48. The molecular weight excluding hydrogens is 557 g/mol. The molecule has 0 aromatic heterocycles. The quantitative estimate of drug-likeness (QED) is 0.334. The van der Waals surface area contributed by atoms with Crippen LogP contribution in [0.2, 0.25) is 0 Å². The number of halogens is 1. The molecule has 210 valence electrons. The van der Waals surface area contributed by atoms with Gasteiger partial charge >= 0.3 is 12.1 Å². The molecule has 15 heteroatoms. The second-order valence-electron chi connectivity index (χ2n) is 9.49. The number of hydrogen-bond acceptors (Lipinski definition) is 10. The van der Waals surface area contributed by atoms with Crippen LogP contribution in [0.15, 0.2) is 52.6 Å². The van der Waals surface area contributed by atoms with E-state index in [4.69, 9.17) is 4.74 Å². The first kappa shape index (κ1) is 30.0. The Hall–Kier alpha value is -3.56. The van der Waals surface area contributed by atoms with Crippen LogP contribution < -0.4 is 5.32 Å². The fourth-order valence-electron chi connectivity index (χ4n) is 3.62. The number of carboxylic acids is 1. The Bertz CT molecular complexity index is 1390. The van der Waals surface area contributed by atoms with Gasteiger partial charge in [-0.05, 0) is 50.3 Å². The third kappa shape index (κ3) is 6.54. The molecule has 1 aliphatic heterocycles. The van der Waals surface area contributed by atoms with Crippen molar-refractivity contribution in [3.63, 3.8) is 0 Å². The van der Waals surface area contributed by atoms with Crippen LogP contribution in [0.4, 0.5) is 9.18 Å². The number of hydrogen-bond donors (Lipinski definition) is 2. The number of ketones is 2. The molecule has 2 atom stereocenters. The molecule has 0 saturated carbocycles. The van der Waals surface area contributed by atoms with E-state index in [2.05, 4.69) is 5.32 Å². The summed E-state index contributed by atoms with van der Waals surface area (Å²) in [6.07, 6.45) is 0.622. The maximum Gasteiger partial charge on any atom is 0.414 e. The lowest BCUT2D eigenvalue weighted by Crippen LogP contribution is -2.58. The largest absolute Gasteiger partial charge is 0.479 e. The predicted octanol–water partition coefficient (Wildman–Crippen LogP) is 1.29. The molecule has 0 radical (unpaired) electrons. The van der Waals surface area contributed by atoms with Crippen LogP contribution >= 0.6 is 11.8 Å². The highest BCUT2D eigenvalue weighted by Gasteiger charge is 2.50. The number of thioether (sulfide) groups is 1. The van der Waals surface area contributed by atoms with E-state index >= 15 is 0 Å². The highest BCUT2D eigenvalue weighted by atomic mass is 32.2. The maximum atomic E-state index is 13.6. The summed E-state index contributed by atoms with van der Waals surface area (Å²) in [6, 6.07) is 0.591. The van der Waals surface area contributed by atoms with E-state index in [1.54, 1.807) is 13.8 Å². The average molecular weight is 584 g/mol. The normalized spacial score (nSPS) is 19.4. The van der Waals surface area contributed by atoms with E-state index in [9.17, 15) is 41.9 Å². The molecule has 12 nitrogen and oxygen atoms in total. The summed E-state index contributed by atoms with van der Waals surface area (Å²) in [4.78, 5) is 64.4. The molecule has 1 aliphatic carbocycles. The van der Waals surface area contributed by atoms with Crippen molar-refractivity contribution >= 4 is 51.3 Å². The van der Waals surface area contributed by atoms with E-state index < -0.39 is 79.2 Å². The average Bonchev–Trinajstić information content (AvgIpc) is 3.21. The maximum absolute atomic E-state index is 13.6. The van der Waals surface area contributed by atoms with Gasteiger partial charge in [-0.15, -0.1) is 11.8 Å². The van der Waals surface area contributed by atoms with Crippen molar-refractivity contribution in [3.05, 3.63) is 53.6 Å². The Balaban J connectivity index is 2.08. The van der Waals surface area contributed by atoms with Crippen molar-refractivity contribution in [2.75, 3.05) is 19.8 Å². The van der Waals surface area contributed by atoms with Crippen LogP contribution in [0, 0.1) is 5.82 Å². The minimum Gasteiger partial charge on any atom is -0.479 e. The Kier molecular flexibility index (Phi) is 8.67. The molecule has 3 rings (SSSR count). The lowest BCUT2D eigenvalue weighted by atomic mass is 9.94. The predicted molar refractivity (Wildman–Crippen MR) is 136 cm³/mol. The highest BCUT2D eigenvalue weighted by molar-refractivity contribution is 8.01. The molecule has 0 unspecified atom stereocenters. The van der Waals surface area contributed by atoms with Crippen LogP contribution in [0.1, 0.15) is 20.3 Å². The number of nitrogens with zero attached hydrogens (tertiary/aromatic N) is 2. The van der Waals surface area contributed by atoms with Gasteiger partial charge < -0.3 is 14.7 Å². The molecular formula is C24H26FN3O9S2. The molecule has 2 N–H and O–H groups in total. The van der Waals surface area contributed by atoms with E-state index in [1.807, 2.05) is 0 Å². The Morgan fingerprint density at radius 1 is 1.15 bits per heavy atom. The van der Waals surface area contributed by atoms with Gasteiger partial charge in [0.25, 0.3) is 15.9 Å². The smallest absolute Gasteiger partial charge is 0.414 e. The Labute approximate surface area is 227 Å². The van der Waals surface area contributed by atoms with Gasteiger partial charge in [-0.25, -0.2) is 26.7 Å². The van der Waals surface area contributed by atoms with E-state index in [0.29, 0.717) is 5.75 Å². The molecule has 0 bridgehead atoms. The number of aliphatic carboxylic acids is 1. The molecule has 39 heavy (non-hydrogen) atoms. The molecule has 1 aromatic carbocycles. The number of Topliss-reactive ketones (excluding diaryl/α,β-unsaturated/α-hetero) is 2. The first-order valence-corrected chi connectivity index (χ1v) is 13.9. The third-order valence-corrected chi connectivity index (χ3v) is 8.90. The second-order valence-corrected chi connectivity index (χ2v) is 12.4. The fraction of sp³-hybridized carbons (Fsp3) is 0.375. The monoisotopic (exact) mass is 583 g/mol. The van der Waals surface area contributed by atoms with Gasteiger partial charge in [0.15, 0.2) is 5.78 Å². The van der Waals surface area contributed by atoms with Gasteiger partial charge in [-0.2, -0.15) is 0 Å². The zero-order valence-corrected chi connectivity index (χ0v) is 23.0. The number of allylic oxidation sites excluding steroid dienone is 3. The number of benzene rings is 1. The summed E-state index contributed by atoms with van der Waals surface area (Å²) in [5.41, 5.74) is -1.32.